The highest BCUT2D eigenvalue weighted by Crippen LogP contribution is 2.35. The number of carbonyl (C=O) groups excluding carboxylic acids is 4. The topological polar surface area (TPSA) is 98.8 Å². The van der Waals surface area contributed by atoms with Crippen LogP contribution in [0.3, 0.4) is 0 Å². The summed E-state index contributed by atoms with van der Waals surface area (Å²) in [5, 5.41) is 4.31. The van der Waals surface area contributed by atoms with Crippen LogP contribution < -0.4 is 10.6 Å². The average molecular weight is 502 g/mol. The molecule has 1 fully saturated rings. The number of nitrogens with zero attached hydrogens (tertiary/aromatic N) is 2. The molecule has 0 radical (unpaired) electrons. The lowest BCUT2D eigenvalue weighted by molar-refractivity contribution is -0.155. The van der Waals surface area contributed by atoms with E-state index in [4.69, 9.17) is 0 Å². The maximum Gasteiger partial charge on any atom is 0.412 e. The molecule has 190 valence electrons. The molecule has 0 saturated carbocycles. The summed E-state index contributed by atoms with van der Waals surface area (Å²) in [6.07, 6.45) is -4.47. The number of piperidine rings is 1. The van der Waals surface area contributed by atoms with Crippen LogP contribution in [0.25, 0.3) is 0 Å². The monoisotopic (exact) mass is 502 g/mol. The van der Waals surface area contributed by atoms with E-state index in [0.29, 0.717) is 11.1 Å². The largest absolute Gasteiger partial charge is 0.412 e. The van der Waals surface area contributed by atoms with Gasteiger partial charge in [-0.1, -0.05) is 24.3 Å². The maximum atomic E-state index is 14.1. The Morgan fingerprint density at radius 2 is 1.89 bits per heavy atom. The average Bonchev–Trinajstić information content (AvgIpc) is 3.12. The number of hydrogen-bond donors (Lipinski definition) is 2. The van der Waals surface area contributed by atoms with Gasteiger partial charge in [0.05, 0.1) is 0 Å². The van der Waals surface area contributed by atoms with Gasteiger partial charge in [-0.15, -0.1) is 0 Å². The second-order valence-corrected chi connectivity index (χ2v) is 9.16. The molecule has 2 heterocycles. The minimum atomic E-state index is -4.74. The molecule has 11 heteroatoms. The van der Waals surface area contributed by atoms with Crippen molar-refractivity contribution >= 4 is 23.6 Å². The quantitative estimate of drug-likeness (QED) is 0.592. The van der Waals surface area contributed by atoms with E-state index >= 15 is 0 Å². The van der Waals surface area contributed by atoms with Gasteiger partial charge in [0.25, 0.3) is 11.8 Å². The molecule has 4 rings (SSSR count). The predicted octanol–water partition coefficient (Wildman–Crippen LogP) is 2.54. The van der Waals surface area contributed by atoms with Gasteiger partial charge >= 0.3 is 6.18 Å². The van der Waals surface area contributed by atoms with Crippen LogP contribution in [0.5, 0.6) is 0 Å². The molecule has 0 aromatic heterocycles. The van der Waals surface area contributed by atoms with E-state index in [1.807, 2.05) is 0 Å². The third-order valence-electron chi connectivity index (χ3n) is 6.24. The number of benzene rings is 2. The Morgan fingerprint density at radius 3 is 2.56 bits per heavy atom. The highest BCUT2D eigenvalue weighted by atomic mass is 19.4. The first-order valence-corrected chi connectivity index (χ1v) is 11.3. The number of rotatable bonds is 6. The van der Waals surface area contributed by atoms with Gasteiger partial charge in [-0.3, -0.25) is 24.5 Å². The number of imide groups is 1. The third-order valence-corrected chi connectivity index (χ3v) is 6.24. The summed E-state index contributed by atoms with van der Waals surface area (Å²) in [5.74, 6) is -2.36. The first kappa shape index (κ1) is 25.4. The molecule has 2 aromatic rings. The Balaban J connectivity index is 1.57. The molecule has 0 spiro atoms. The van der Waals surface area contributed by atoms with Crippen molar-refractivity contribution in [3.05, 3.63) is 70.3 Å². The first-order chi connectivity index (χ1) is 17.0. The highest BCUT2D eigenvalue weighted by molar-refractivity contribution is 6.06. The molecule has 36 heavy (non-hydrogen) atoms. The van der Waals surface area contributed by atoms with Gasteiger partial charge in [0, 0.05) is 30.6 Å². The van der Waals surface area contributed by atoms with Gasteiger partial charge < -0.3 is 15.1 Å². The van der Waals surface area contributed by atoms with Crippen LogP contribution in [0.2, 0.25) is 0 Å². The molecule has 2 aromatic carbocycles. The van der Waals surface area contributed by atoms with E-state index in [9.17, 15) is 32.3 Å². The van der Waals surface area contributed by atoms with Crippen LogP contribution in [0.1, 0.15) is 56.3 Å². The van der Waals surface area contributed by atoms with Crippen molar-refractivity contribution in [2.24, 2.45) is 0 Å². The second-order valence-electron chi connectivity index (χ2n) is 9.16. The molecule has 2 N–H and O–H groups in total. The summed E-state index contributed by atoms with van der Waals surface area (Å²) in [6, 6.07) is 7.04. The molecule has 0 bridgehead atoms. The molecular formula is C25H25F3N4O4. The smallest absolute Gasteiger partial charge is 0.337 e. The molecule has 2 aliphatic heterocycles. The number of alkyl halides is 3. The standard InChI is InChI=1S/C25H25F3N4O4/c1-31(2)12-15-5-3-4-6-17(15)21(25(26,27)28)30-22(34)14-7-8-18-16(11-14)13-32(24(18)36)19-9-10-20(33)29-23(19)35/h3-8,11,19,21H,9-10,12-13H2,1-2H3,(H,30,34)(H,29,33,35)/t19?,21-/m1/s1. The summed E-state index contributed by atoms with van der Waals surface area (Å²) in [5.41, 5.74) is 1.04. The lowest BCUT2D eigenvalue weighted by atomic mass is 9.98. The van der Waals surface area contributed by atoms with E-state index in [1.165, 1.54) is 35.2 Å². The molecular weight excluding hydrogens is 477 g/mol. The van der Waals surface area contributed by atoms with Crippen molar-refractivity contribution in [3.8, 4) is 0 Å². The van der Waals surface area contributed by atoms with Crippen LogP contribution in [0.4, 0.5) is 13.2 Å². The van der Waals surface area contributed by atoms with Crippen LogP contribution in [0.15, 0.2) is 42.5 Å². The molecule has 1 unspecified atom stereocenters. The molecule has 2 atom stereocenters. The Kier molecular flexibility index (Phi) is 6.85. The molecule has 8 nitrogen and oxygen atoms in total. The van der Waals surface area contributed by atoms with Crippen LogP contribution >= 0.6 is 0 Å². The molecule has 0 aliphatic carbocycles. The van der Waals surface area contributed by atoms with Crippen LogP contribution in [-0.4, -0.2) is 59.7 Å². The molecule has 4 amide bonds. The number of fused-ring (bicyclic) bond motifs is 1. The summed E-state index contributed by atoms with van der Waals surface area (Å²) >= 11 is 0. The molecule has 2 aliphatic rings. The summed E-state index contributed by atoms with van der Waals surface area (Å²) in [6.45, 7) is 0.270. The van der Waals surface area contributed by atoms with Gasteiger partial charge in [-0.2, -0.15) is 13.2 Å². The van der Waals surface area contributed by atoms with E-state index < -0.39 is 41.9 Å². The van der Waals surface area contributed by atoms with Crippen molar-refractivity contribution < 1.29 is 32.3 Å². The van der Waals surface area contributed by atoms with Crippen LogP contribution in [0, 0.1) is 0 Å². The van der Waals surface area contributed by atoms with E-state index in [0.717, 1.165) is 0 Å². The van der Waals surface area contributed by atoms with Crippen molar-refractivity contribution in [2.45, 2.75) is 44.2 Å². The van der Waals surface area contributed by atoms with Gasteiger partial charge in [-0.05, 0) is 55.4 Å². The van der Waals surface area contributed by atoms with E-state index in [2.05, 4.69) is 10.6 Å². The lowest BCUT2D eigenvalue weighted by Crippen LogP contribution is -2.52. The fourth-order valence-electron chi connectivity index (χ4n) is 4.57. The number of amides is 4. The van der Waals surface area contributed by atoms with E-state index in [-0.39, 0.29) is 42.6 Å². The van der Waals surface area contributed by atoms with E-state index in [1.54, 1.807) is 31.1 Å². The summed E-state index contributed by atoms with van der Waals surface area (Å²) in [4.78, 5) is 52.5. The minimum absolute atomic E-state index is 0.00985. The van der Waals surface area contributed by atoms with Gasteiger partial charge in [0.2, 0.25) is 11.8 Å². The Hall–Kier alpha value is -3.73. The van der Waals surface area contributed by atoms with Crippen LogP contribution in [-0.2, 0) is 22.7 Å². The van der Waals surface area contributed by atoms with Crippen molar-refractivity contribution in [1.29, 1.82) is 0 Å². The van der Waals surface area contributed by atoms with Gasteiger partial charge in [0.15, 0.2) is 6.04 Å². The van der Waals surface area contributed by atoms with Crippen molar-refractivity contribution in [3.63, 3.8) is 0 Å². The minimum Gasteiger partial charge on any atom is -0.337 e. The zero-order valence-corrected chi connectivity index (χ0v) is 19.7. The fraction of sp³-hybridized carbons (Fsp3) is 0.360. The molecule has 1 saturated heterocycles. The van der Waals surface area contributed by atoms with Crippen molar-refractivity contribution in [2.75, 3.05) is 14.1 Å². The highest BCUT2D eigenvalue weighted by Gasteiger charge is 2.43. The third kappa shape index (κ3) is 5.11. The number of carbonyl (C=O) groups is 4. The lowest BCUT2D eigenvalue weighted by Gasteiger charge is -2.29. The van der Waals surface area contributed by atoms with Gasteiger partial charge in [-0.25, -0.2) is 0 Å². The number of nitrogens with one attached hydrogen (secondary N) is 2. The zero-order chi connectivity index (χ0) is 26.2. The zero-order valence-electron chi connectivity index (χ0n) is 19.7. The SMILES string of the molecule is CN(C)Cc1ccccc1[C@@H](NC(=O)c1ccc2c(c1)CN(C1CCC(=O)NC1=O)C2=O)C(F)(F)F. The maximum absolute atomic E-state index is 14.1. The Bertz CT molecular complexity index is 1230. The normalized spacial score (nSPS) is 18.8. The Labute approximate surface area is 205 Å². The van der Waals surface area contributed by atoms with Gasteiger partial charge in [0.1, 0.15) is 6.04 Å². The summed E-state index contributed by atoms with van der Waals surface area (Å²) < 4.78 is 42.2. The number of hydrogen-bond acceptors (Lipinski definition) is 5. The Morgan fingerprint density at radius 1 is 1.17 bits per heavy atom. The second kappa shape index (κ2) is 9.73. The predicted molar refractivity (Wildman–Crippen MR) is 123 cm³/mol. The van der Waals surface area contributed by atoms with Crippen molar-refractivity contribution in [1.82, 2.24) is 20.4 Å². The fourth-order valence-corrected chi connectivity index (χ4v) is 4.57. The first-order valence-electron chi connectivity index (χ1n) is 11.3. The summed E-state index contributed by atoms with van der Waals surface area (Å²) in [7, 11) is 3.48. The number of halogens is 3.